The van der Waals surface area contributed by atoms with Crippen molar-refractivity contribution in [3.63, 3.8) is 0 Å². The van der Waals surface area contributed by atoms with E-state index in [1.807, 2.05) is 53.8 Å². The zero-order valence-electron chi connectivity index (χ0n) is 13.3. The summed E-state index contributed by atoms with van der Waals surface area (Å²) in [6.07, 6.45) is 0. The van der Waals surface area contributed by atoms with Crippen LogP contribution in [0, 0.1) is 0 Å². The van der Waals surface area contributed by atoms with Gasteiger partial charge in [-0.3, -0.25) is 4.79 Å². The van der Waals surface area contributed by atoms with E-state index in [2.05, 4.69) is 10.6 Å². The van der Waals surface area contributed by atoms with Crippen molar-refractivity contribution >= 4 is 5.91 Å². The zero-order chi connectivity index (χ0) is 15.4. The molecule has 0 heterocycles. The average Bonchev–Trinajstić information content (AvgIpc) is 2.35. The Kier molecular flexibility index (Phi) is 5.17. The molecule has 20 heavy (non-hydrogen) atoms. The fraction of sp³-hybridized carbons (Fsp3) is 0.562. The van der Waals surface area contributed by atoms with Crippen molar-refractivity contribution in [2.24, 2.45) is 0 Å². The average molecular weight is 278 g/mol. The standard InChI is InChI=1S/C16H26N2O2/c1-15(2,3)20-13-9-7-12(8-10-13)14(19)18-11-16(4,5)17-6/h7-10,17H,11H2,1-6H3,(H,18,19). The van der Waals surface area contributed by atoms with Crippen molar-refractivity contribution in [1.29, 1.82) is 0 Å². The first-order chi connectivity index (χ1) is 9.13. The summed E-state index contributed by atoms with van der Waals surface area (Å²) in [5, 5.41) is 6.06. The Labute approximate surface area is 121 Å². The van der Waals surface area contributed by atoms with Crippen LogP contribution >= 0.6 is 0 Å². The summed E-state index contributed by atoms with van der Waals surface area (Å²) >= 11 is 0. The summed E-state index contributed by atoms with van der Waals surface area (Å²) in [6, 6.07) is 7.21. The summed E-state index contributed by atoms with van der Waals surface area (Å²) in [5.74, 6) is 0.695. The number of carbonyl (C=O) groups excluding carboxylic acids is 1. The molecule has 4 nitrogen and oxygen atoms in total. The van der Waals surface area contributed by atoms with E-state index in [0.29, 0.717) is 12.1 Å². The van der Waals surface area contributed by atoms with Crippen LogP contribution in [0.1, 0.15) is 45.0 Å². The quantitative estimate of drug-likeness (QED) is 0.870. The van der Waals surface area contributed by atoms with E-state index in [0.717, 1.165) is 5.75 Å². The first-order valence-corrected chi connectivity index (χ1v) is 6.89. The third-order valence-corrected chi connectivity index (χ3v) is 2.91. The Bertz CT molecular complexity index is 445. The van der Waals surface area contributed by atoms with E-state index in [4.69, 9.17) is 4.74 Å². The monoisotopic (exact) mass is 278 g/mol. The fourth-order valence-corrected chi connectivity index (χ4v) is 1.52. The second kappa shape index (κ2) is 6.27. The van der Waals surface area contributed by atoms with Crippen LogP contribution in [0.2, 0.25) is 0 Å². The molecule has 0 saturated carbocycles. The molecule has 0 unspecified atom stereocenters. The van der Waals surface area contributed by atoms with Gasteiger partial charge in [0.15, 0.2) is 0 Å². The molecular formula is C16H26N2O2. The molecule has 1 rings (SSSR count). The Morgan fingerprint density at radius 3 is 2.10 bits per heavy atom. The predicted octanol–water partition coefficient (Wildman–Crippen LogP) is 2.59. The number of carbonyl (C=O) groups is 1. The van der Waals surface area contributed by atoms with Gasteiger partial charge in [-0.15, -0.1) is 0 Å². The topological polar surface area (TPSA) is 50.4 Å². The minimum absolute atomic E-state index is 0.0735. The molecule has 1 aromatic carbocycles. The van der Waals surface area contributed by atoms with Crippen LogP contribution in [0.15, 0.2) is 24.3 Å². The fourth-order valence-electron chi connectivity index (χ4n) is 1.52. The van der Waals surface area contributed by atoms with Gasteiger partial charge in [-0.2, -0.15) is 0 Å². The van der Waals surface area contributed by atoms with Crippen LogP contribution in [0.3, 0.4) is 0 Å². The lowest BCUT2D eigenvalue weighted by Gasteiger charge is -2.24. The van der Waals surface area contributed by atoms with E-state index in [1.165, 1.54) is 0 Å². The summed E-state index contributed by atoms with van der Waals surface area (Å²) in [7, 11) is 1.88. The molecule has 0 aliphatic carbocycles. The van der Waals surface area contributed by atoms with Gasteiger partial charge in [-0.1, -0.05) is 0 Å². The molecule has 0 fully saturated rings. The van der Waals surface area contributed by atoms with Gasteiger partial charge in [-0.25, -0.2) is 0 Å². The highest BCUT2D eigenvalue weighted by Gasteiger charge is 2.16. The molecule has 0 aromatic heterocycles. The maximum Gasteiger partial charge on any atom is 0.251 e. The molecule has 112 valence electrons. The molecule has 2 N–H and O–H groups in total. The van der Waals surface area contributed by atoms with Gasteiger partial charge in [0.25, 0.3) is 5.91 Å². The highest BCUT2D eigenvalue weighted by atomic mass is 16.5. The summed E-state index contributed by atoms with van der Waals surface area (Å²) in [6.45, 7) is 10.6. The smallest absolute Gasteiger partial charge is 0.251 e. The van der Waals surface area contributed by atoms with Crippen molar-refractivity contribution in [3.8, 4) is 5.75 Å². The van der Waals surface area contributed by atoms with E-state index < -0.39 is 0 Å². The normalized spacial score (nSPS) is 12.1. The molecule has 0 bridgehead atoms. The third-order valence-electron chi connectivity index (χ3n) is 2.91. The minimum atomic E-state index is -0.236. The molecule has 1 aromatic rings. The second-order valence-corrected chi connectivity index (χ2v) is 6.56. The van der Waals surface area contributed by atoms with Gasteiger partial charge < -0.3 is 15.4 Å². The number of nitrogens with one attached hydrogen (secondary N) is 2. The van der Waals surface area contributed by atoms with Gasteiger partial charge >= 0.3 is 0 Å². The molecule has 0 radical (unpaired) electrons. The van der Waals surface area contributed by atoms with E-state index >= 15 is 0 Å². The van der Waals surface area contributed by atoms with E-state index in [1.54, 1.807) is 12.1 Å². The summed E-state index contributed by atoms with van der Waals surface area (Å²) in [4.78, 5) is 12.0. The number of likely N-dealkylation sites (N-methyl/N-ethyl adjacent to an activating group) is 1. The van der Waals surface area contributed by atoms with Crippen molar-refractivity contribution in [3.05, 3.63) is 29.8 Å². The van der Waals surface area contributed by atoms with Crippen molar-refractivity contribution in [2.75, 3.05) is 13.6 Å². The second-order valence-electron chi connectivity index (χ2n) is 6.56. The Hall–Kier alpha value is -1.55. The Morgan fingerprint density at radius 1 is 1.10 bits per heavy atom. The lowest BCUT2D eigenvalue weighted by molar-refractivity contribution is 0.0943. The Balaban J connectivity index is 2.62. The molecule has 0 saturated heterocycles. The van der Waals surface area contributed by atoms with Gasteiger partial charge in [0.2, 0.25) is 0 Å². The van der Waals surface area contributed by atoms with E-state index in [9.17, 15) is 4.79 Å². The molecule has 0 atom stereocenters. The van der Waals surface area contributed by atoms with Gasteiger partial charge in [0, 0.05) is 17.6 Å². The van der Waals surface area contributed by atoms with Crippen LogP contribution in [0.5, 0.6) is 5.75 Å². The van der Waals surface area contributed by atoms with Crippen molar-refractivity contribution in [2.45, 2.75) is 45.8 Å². The van der Waals surface area contributed by atoms with Gasteiger partial charge in [-0.05, 0) is 65.9 Å². The van der Waals surface area contributed by atoms with E-state index in [-0.39, 0.29) is 17.0 Å². The van der Waals surface area contributed by atoms with Gasteiger partial charge in [0.05, 0.1) is 0 Å². The predicted molar refractivity (Wildman–Crippen MR) is 82.3 cm³/mol. The third kappa shape index (κ3) is 5.61. The molecular weight excluding hydrogens is 252 g/mol. The first kappa shape index (κ1) is 16.5. The van der Waals surface area contributed by atoms with Crippen LogP contribution in [-0.2, 0) is 0 Å². The number of hydrogen-bond acceptors (Lipinski definition) is 3. The number of ether oxygens (including phenoxy) is 1. The summed E-state index contributed by atoms with van der Waals surface area (Å²) < 4.78 is 5.73. The number of hydrogen-bond donors (Lipinski definition) is 2. The highest BCUT2D eigenvalue weighted by molar-refractivity contribution is 5.94. The largest absolute Gasteiger partial charge is 0.488 e. The SMILES string of the molecule is CNC(C)(C)CNC(=O)c1ccc(OC(C)(C)C)cc1. The number of benzene rings is 1. The van der Waals surface area contributed by atoms with Crippen LogP contribution < -0.4 is 15.4 Å². The van der Waals surface area contributed by atoms with Crippen molar-refractivity contribution in [1.82, 2.24) is 10.6 Å². The minimum Gasteiger partial charge on any atom is -0.488 e. The molecule has 4 heteroatoms. The maximum atomic E-state index is 12.0. The van der Waals surface area contributed by atoms with Crippen LogP contribution in [0.4, 0.5) is 0 Å². The van der Waals surface area contributed by atoms with Gasteiger partial charge in [0.1, 0.15) is 11.4 Å². The lowest BCUT2D eigenvalue weighted by Crippen LogP contribution is -2.47. The highest BCUT2D eigenvalue weighted by Crippen LogP contribution is 2.18. The molecule has 0 aliphatic rings. The maximum absolute atomic E-state index is 12.0. The number of rotatable bonds is 5. The van der Waals surface area contributed by atoms with Crippen molar-refractivity contribution < 1.29 is 9.53 Å². The molecule has 0 spiro atoms. The molecule has 0 aliphatic heterocycles. The first-order valence-electron chi connectivity index (χ1n) is 6.89. The van der Waals surface area contributed by atoms with Crippen LogP contribution in [-0.4, -0.2) is 30.6 Å². The zero-order valence-corrected chi connectivity index (χ0v) is 13.3. The lowest BCUT2D eigenvalue weighted by atomic mass is 10.1. The number of amides is 1. The summed E-state index contributed by atoms with van der Waals surface area (Å²) in [5.41, 5.74) is 0.282. The molecule has 1 amide bonds. The Morgan fingerprint density at radius 2 is 1.65 bits per heavy atom. The van der Waals surface area contributed by atoms with Crippen LogP contribution in [0.25, 0.3) is 0 Å².